The van der Waals surface area contributed by atoms with Gasteiger partial charge < -0.3 is 0 Å². The van der Waals surface area contributed by atoms with Crippen LogP contribution in [0.4, 0.5) is 13.2 Å². The molecule has 0 spiro atoms. The van der Waals surface area contributed by atoms with Crippen LogP contribution in [0.2, 0.25) is 0 Å². The molecule has 4 heteroatoms. The van der Waals surface area contributed by atoms with Crippen LogP contribution in [-0.2, 0) is 12.7 Å². The summed E-state index contributed by atoms with van der Waals surface area (Å²) in [4.78, 5) is 2.25. The first-order valence-electron chi connectivity index (χ1n) is 8.05. The summed E-state index contributed by atoms with van der Waals surface area (Å²) < 4.78 is 38.2. The van der Waals surface area contributed by atoms with E-state index in [1.54, 1.807) is 12.1 Å². The number of likely N-dealkylation sites (tertiary alicyclic amines) is 1. The van der Waals surface area contributed by atoms with Crippen LogP contribution < -0.4 is 0 Å². The minimum absolute atomic E-state index is 0.0442. The summed E-state index contributed by atoms with van der Waals surface area (Å²) in [6.45, 7) is 9.65. The van der Waals surface area contributed by atoms with Crippen molar-refractivity contribution in [3.8, 4) is 0 Å². The number of hydrogen-bond donors (Lipinski definition) is 0. The van der Waals surface area contributed by atoms with E-state index in [2.05, 4.69) is 29.2 Å². The molecule has 0 saturated carbocycles. The molecule has 0 aliphatic carbocycles. The predicted molar refractivity (Wildman–Crippen MR) is 88.2 cm³/mol. The van der Waals surface area contributed by atoms with Crippen molar-refractivity contribution >= 4 is 0 Å². The quantitative estimate of drug-likeness (QED) is 0.739. The average molecular weight is 331 g/mol. The molecule has 1 nitrogen and oxygen atoms in total. The zero-order valence-electron chi connectivity index (χ0n) is 13.6. The summed E-state index contributed by atoms with van der Waals surface area (Å²) >= 11 is 0. The summed E-state index contributed by atoms with van der Waals surface area (Å²) in [6.07, 6.45) is -3.54. The maximum atomic E-state index is 12.7. The molecule has 0 amide bonds. The summed E-state index contributed by atoms with van der Waals surface area (Å²) in [7, 11) is 0. The summed E-state index contributed by atoms with van der Waals surface area (Å²) in [5.74, 6) is 0.0442. The van der Waals surface area contributed by atoms with Crippen molar-refractivity contribution in [1.82, 2.24) is 4.90 Å². The lowest BCUT2D eigenvalue weighted by Crippen LogP contribution is -2.23. The zero-order chi connectivity index (χ0) is 17.3. The predicted octanol–water partition coefficient (Wildman–Crippen LogP) is 5.29. The lowest BCUT2D eigenvalue weighted by molar-refractivity contribution is -0.137. The van der Waals surface area contributed by atoms with Crippen molar-refractivity contribution < 1.29 is 13.2 Å². The molecule has 1 aliphatic rings. The van der Waals surface area contributed by atoms with Gasteiger partial charge in [-0.2, -0.15) is 13.2 Å². The van der Waals surface area contributed by atoms with E-state index in [9.17, 15) is 13.2 Å². The molecule has 1 heterocycles. The first-order chi connectivity index (χ1) is 11.3. The van der Waals surface area contributed by atoms with Gasteiger partial charge in [-0.25, -0.2) is 0 Å². The molecule has 3 rings (SSSR count). The van der Waals surface area contributed by atoms with Crippen LogP contribution >= 0.6 is 0 Å². The van der Waals surface area contributed by atoms with Gasteiger partial charge in [-0.1, -0.05) is 42.0 Å². The summed E-state index contributed by atoms with van der Waals surface area (Å²) in [6, 6.07) is 13.8. The maximum Gasteiger partial charge on any atom is 0.416 e. The summed E-state index contributed by atoms with van der Waals surface area (Å²) in [5, 5.41) is 0. The van der Waals surface area contributed by atoms with Crippen molar-refractivity contribution in [1.29, 1.82) is 0 Å². The Labute approximate surface area is 141 Å². The lowest BCUT2D eigenvalue weighted by atomic mass is 9.99. The Bertz CT molecular complexity index is 674. The number of benzene rings is 2. The van der Waals surface area contributed by atoms with E-state index in [-0.39, 0.29) is 12.0 Å². The Kier molecular flexibility index (Phi) is 4.68. The largest absolute Gasteiger partial charge is 0.416 e. The van der Waals surface area contributed by atoms with Crippen LogP contribution in [0.15, 0.2) is 48.5 Å². The summed E-state index contributed by atoms with van der Waals surface area (Å²) in [5.41, 5.74) is 2.67. The molecule has 126 valence electrons. The molecule has 2 aromatic rings. The van der Waals surface area contributed by atoms with Gasteiger partial charge in [0.05, 0.1) is 5.56 Å². The highest BCUT2D eigenvalue weighted by Crippen LogP contribution is 2.37. The highest BCUT2D eigenvalue weighted by molar-refractivity contribution is 5.28. The third kappa shape index (κ3) is 3.81. The molecule has 2 aromatic carbocycles. The Morgan fingerprint density at radius 3 is 2.25 bits per heavy atom. The van der Waals surface area contributed by atoms with Gasteiger partial charge in [-0.05, 0) is 49.4 Å². The van der Waals surface area contributed by atoms with Gasteiger partial charge in [-0.3, -0.25) is 4.90 Å². The van der Waals surface area contributed by atoms with Crippen LogP contribution in [0, 0.1) is 19.8 Å². The molecule has 24 heavy (non-hydrogen) atoms. The fourth-order valence-corrected chi connectivity index (χ4v) is 3.28. The van der Waals surface area contributed by atoms with Gasteiger partial charge in [0.25, 0.3) is 0 Å². The first-order valence-corrected chi connectivity index (χ1v) is 8.05. The zero-order valence-corrected chi connectivity index (χ0v) is 13.6. The molecule has 2 radical (unpaired) electrons. The maximum absolute atomic E-state index is 12.7. The van der Waals surface area contributed by atoms with Gasteiger partial charge in [0.1, 0.15) is 0 Å². The normalized spacial score (nSPS) is 22.0. The van der Waals surface area contributed by atoms with Crippen molar-refractivity contribution in [2.45, 2.75) is 32.1 Å². The lowest BCUT2D eigenvalue weighted by Gasteiger charge is -2.25. The van der Waals surface area contributed by atoms with E-state index >= 15 is 0 Å². The van der Waals surface area contributed by atoms with Gasteiger partial charge in [0.2, 0.25) is 0 Å². The van der Waals surface area contributed by atoms with E-state index < -0.39 is 11.7 Å². The van der Waals surface area contributed by atoms with Crippen LogP contribution in [-0.4, -0.2) is 11.4 Å². The Hall–Kier alpha value is -1.81. The van der Waals surface area contributed by atoms with Gasteiger partial charge in [-0.15, -0.1) is 0 Å². The number of halogens is 3. The third-order valence-corrected chi connectivity index (χ3v) is 4.56. The molecule has 0 aromatic heterocycles. The topological polar surface area (TPSA) is 3.24 Å². The van der Waals surface area contributed by atoms with Crippen molar-refractivity contribution in [3.05, 3.63) is 77.7 Å². The SMILES string of the molecule is [CH][C@@H]1C[C@H](c2ccc(C(F)(F)F)cc2)N(Cc2ccc(C)cc2)C1. The molecule has 0 bridgehead atoms. The Morgan fingerprint density at radius 2 is 1.67 bits per heavy atom. The van der Waals surface area contributed by atoms with Crippen LogP contribution in [0.3, 0.4) is 0 Å². The van der Waals surface area contributed by atoms with Gasteiger partial charge in [0, 0.05) is 19.1 Å². The van der Waals surface area contributed by atoms with Crippen molar-refractivity contribution in [3.63, 3.8) is 0 Å². The highest BCUT2D eigenvalue weighted by atomic mass is 19.4. The molecular weight excluding hydrogens is 311 g/mol. The second-order valence-electron chi connectivity index (χ2n) is 6.55. The number of nitrogens with zero attached hydrogens (tertiary/aromatic N) is 1. The molecule has 2 atom stereocenters. The van der Waals surface area contributed by atoms with Crippen molar-refractivity contribution in [2.75, 3.05) is 6.54 Å². The van der Waals surface area contributed by atoms with Crippen LogP contribution in [0.1, 0.15) is 34.7 Å². The van der Waals surface area contributed by atoms with Crippen molar-refractivity contribution in [2.24, 2.45) is 5.92 Å². The minimum atomic E-state index is -4.30. The monoisotopic (exact) mass is 331 g/mol. The van der Waals surface area contributed by atoms with E-state index in [0.29, 0.717) is 0 Å². The number of aryl methyl sites for hydroxylation is 1. The molecule has 1 fully saturated rings. The molecule has 1 aliphatic heterocycles. The number of alkyl halides is 3. The third-order valence-electron chi connectivity index (χ3n) is 4.56. The molecule has 1 saturated heterocycles. The van der Waals surface area contributed by atoms with E-state index in [1.165, 1.54) is 11.1 Å². The Balaban J connectivity index is 1.78. The van der Waals surface area contributed by atoms with E-state index in [0.717, 1.165) is 37.2 Å². The van der Waals surface area contributed by atoms with Crippen LogP contribution in [0.25, 0.3) is 0 Å². The standard InChI is InChI=1S/C20H20F3N/c1-14-3-5-16(6-4-14)13-24-12-15(2)11-19(24)17-7-9-18(10-8-17)20(21,22)23/h2-10,15,19H,11-13H2,1H3/t15-,19-/m1/s1. The first kappa shape index (κ1) is 17.0. The minimum Gasteiger partial charge on any atom is -0.292 e. The fraction of sp³-hybridized carbons (Fsp3) is 0.350. The number of hydrogen-bond acceptors (Lipinski definition) is 1. The van der Waals surface area contributed by atoms with E-state index in [1.807, 2.05) is 6.92 Å². The molecular formula is C20H20F3N. The average Bonchev–Trinajstić information content (AvgIpc) is 2.89. The molecule has 0 N–H and O–H groups in total. The van der Waals surface area contributed by atoms with Gasteiger partial charge in [0.15, 0.2) is 0 Å². The fourth-order valence-electron chi connectivity index (χ4n) is 3.28. The van der Waals surface area contributed by atoms with Crippen LogP contribution in [0.5, 0.6) is 0 Å². The number of rotatable bonds is 3. The second kappa shape index (κ2) is 6.60. The van der Waals surface area contributed by atoms with E-state index in [4.69, 9.17) is 6.92 Å². The Morgan fingerprint density at radius 1 is 1.04 bits per heavy atom. The van der Waals surface area contributed by atoms with Gasteiger partial charge >= 0.3 is 6.18 Å². The second-order valence-corrected chi connectivity index (χ2v) is 6.55. The highest BCUT2D eigenvalue weighted by Gasteiger charge is 2.33. The smallest absolute Gasteiger partial charge is 0.292 e. The molecule has 0 unspecified atom stereocenters.